The van der Waals surface area contributed by atoms with Crippen LogP contribution in [0.2, 0.25) is 0 Å². The van der Waals surface area contributed by atoms with Crippen molar-refractivity contribution in [3.63, 3.8) is 0 Å². The Bertz CT molecular complexity index is 392. The van der Waals surface area contributed by atoms with E-state index in [0.29, 0.717) is 17.4 Å². The summed E-state index contributed by atoms with van der Waals surface area (Å²) in [5.41, 5.74) is 3.40. The van der Waals surface area contributed by atoms with E-state index in [2.05, 4.69) is 29.4 Å². The fourth-order valence-electron chi connectivity index (χ4n) is 3.73. The van der Waals surface area contributed by atoms with Crippen molar-refractivity contribution in [3.8, 4) is 0 Å². The molecule has 0 bridgehead atoms. The molecule has 0 saturated heterocycles. The van der Waals surface area contributed by atoms with E-state index in [0.717, 1.165) is 12.2 Å². The van der Waals surface area contributed by atoms with Gasteiger partial charge in [-0.1, -0.05) is 26.7 Å². The predicted octanol–water partition coefficient (Wildman–Crippen LogP) is 1.80. The van der Waals surface area contributed by atoms with E-state index >= 15 is 0 Å². The molecule has 0 radical (unpaired) electrons. The molecule has 5 nitrogen and oxygen atoms in total. The number of nitrogens with one attached hydrogen (secondary N) is 1. The Balaban J connectivity index is 2.15. The van der Waals surface area contributed by atoms with E-state index in [-0.39, 0.29) is 0 Å². The molecular weight excluding hydrogens is 238 g/mol. The maximum Gasteiger partial charge on any atom is 0.138 e. The second kappa shape index (κ2) is 6.01. The zero-order chi connectivity index (χ0) is 13.9. The molecule has 1 atom stereocenters. The summed E-state index contributed by atoms with van der Waals surface area (Å²) in [4.78, 5) is 4.34. The number of nitrogens with zero attached hydrogens (tertiary/aromatic N) is 3. The average Bonchev–Trinajstić information content (AvgIpc) is 2.96. The molecule has 0 spiro atoms. The molecule has 2 rings (SSSR count). The van der Waals surface area contributed by atoms with Gasteiger partial charge in [0.15, 0.2) is 0 Å². The van der Waals surface area contributed by atoms with Crippen LogP contribution in [0.3, 0.4) is 0 Å². The third kappa shape index (κ3) is 3.15. The summed E-state index contributed by atoms with van der Waals surface area (Å²) in [5, 5.41) is 4.15. The van der Waals surface area contributed by atoms with Gasteiger partial charge in [0.1, 0.15) is 12.2 Å². The van der Waals surface area contributed by atoms with Crippen LogP contribution in [-0.2, 0) is 13.5 Å². The highest BCUT2D eigenvalue weighted by Gasteiger charge is 2.41. The summed E-state index contributed by atoms with van der Waals surface area (Å²) in [6.45, 7) is 4.60. The SMILES string of the molecule is CC(C)CC1(C(Cc2ncnn2C)NN)CCCC1. The van der Waals surface area contributed by atoms with E-state index in [1.165, 1.54) is 32.1 Å². The van der Waals surface area contributed by atoms with E-state index in [4.69, 9.17) is 5.84 Å². The number of rotatable bonds is 6. The van der Waals surface area contributed by atoms with Gasteiger partial charge in [0.2, 0.25) is 0 Å². The van der Waals surface area contributed by atoms with Gasteiger partial charge in [-0.3, -0.25) is 16.0 Å². The maximum absolute atomic E-state index is 5.87. The first kappa shape index (κ1) is 14.5. The van der Waals surface area contributed by atoms with Gasteiger partial charge >= 0.3 is 0 Å². The Labute approximate surface area is 115 Å². The number of aromatic nitrogens is 3. The molecular formula is C14H27N5. The van der Waals surface area contributed by atoms with Gasteiger partial charge in [0.05, 0.1) is 0 Å². The fourth-order valence-corrected chi connectivity index (χ4v) is 3.73. The first-order valence-electron chi connectivity index (χ1n) is 7.36. The lowest BCUT2D eigenvalue weighted by Crippen LogP contribution is -2.49. The minimum atomic E-state index is 0.292. The minimum absolute atomic E-state index is 0.292. The standard InChI is InChI=1S/C14H27N5/c1-11(2)9-14(6-4-5-7-14)12(18-15)8-13-16-10-17-19(13)3/h10-12,18H,4-9,15H2,1-3H3. The zero-order valence-corrected chi connectivity index (χ0v) is 12.4. The lowest BCUT2D eigenvalue weighted by Gasteiger charge is -2.38. The Morgan fingerprint density at radius 1 is 1.42 bits per heavy atom. The molecule has 1 aromatic rings. The predicted molar refractivity (Wildman–Crippen MR) is 76.2 cm³/mol. The highest BCUT2D eigenvalue weighted by molar-refractivity contribution is 5.00. The molecule has 0 amide bonds. The quantitative estimate of drug-likeness (QED) is 0.608. The number of hydrogen-bond acceptors (Lipinski definition) is 4. The van der Waals surface area contributed by atoms with Crippen molar-refractivity contribution in [3.05, 3.63) is 12.2 Å². The number of hydrogen-bond donors (Lipinski definition) is 2. The van der Waals surface area contributed by atoms with Crippen molar-refractivity contribution in [2.24, 2.45) is 24.2 Å². The molecule has 0 aliphatic heterocycles. The van der Waals surface area contributed by atoms with Gasteiger partial charge in [0.25, 0.3) is 0 Å². The van der Waals surface area contributed by atoms with E-state index in [1.807, 2.05) is 11.7 Å². The monoisotopic (exact) mass is 265 g/mol. The minimum Gasteiger partial charge on any atom is -0.271 e. The van der Waals surface area contributed by atoms with Gasteiger partial charge in [-0.05, 0) is 30.6 Å². The highest BCUT2D eigenvalue weighted by atomic mass is 15.3. The van der Waals surface area contributed by atoms with Gasteiger partial charge in [-0.25, -0.2) is 4.98 Å². The molecule has 1 heterocycles. The van der Waals surface area contributed by atoms with E-state index in [1.54, 1.807) is 6.33 Å². The molecule has 1 aliphatic carbocycles. The summed E-state index contributed by atoms with van der Waals surface area (Å²) >= 11 is 0. The Morgan fingerprint density at radius 3 is 2.58 bits per heavy atom. The normalized spacial score (nSPS) is 20.1. The third-order valence-corrected chi connectivity index (χ3v) is 4.55. The maximum atomic E-state index is 5.87. The average molecular weight is 265 g/mol. The van der Waals surface area contributed by atoms with Crippen molar-refractivity contribution >= 4 is 0 Å². The van der Waals surface area contributed by atoms with Crippen LogP contribution in [0.25, 0.3) is 0 Å². The lowest BCUT2D eigenvalue weighted by atomic mass is 9.71. The van der Waals surface area contributed by atoms with Gasteiger partial charge in [0, 0.05) is 19.5 Å². The lowest BCUT2D eigenvalue weighted by molar-refractivity contribution is 0.152. The summed E-state index contributed by atoms with van der Waals surface area (Å²) in [7, 11) is 1.94. The van der Waals surface area contributed by atoms with Crippen LogP contribution in [0.4, 0.5) is 0 Å². The number of hydrazine groups is 1. The second-order valence-corrected chi connectivity index (χ2v) is 6.39. The largest absolute Gasteiger partial charge is 0.271 e. The Hall–Kier alpha value is -0.940. The van der Waals surface area contributed by atoms with Crippen LogP contribution < -0.4 is 11.3 Å². The summed E-state index contributed by atoms with van der Waals surface area (Å²) < 4.78 is 1.85. The molecule has 19 heavy (non-hydrogen) atoms. The van der Waals surface area contributed by atoms with Gasteiger partial charge in [-0.2, -0.15) is 5.10 Å². The molecule has 1 unspecified atom stereocenters. The van der Waals surface area contributed by atoms with Crippen LogP contribution >= 0.6 is 0 Å². The molecule has 1 saturated carbocycles. The van der Waals surface area contributed by atoms with Crippen LogP contribution in [0, 0.1) is 11.3 Å². The smallest absolute Gasteiger partial charge is 0.138 e. The van der Waals surface area contributed by atoms with Crippen molar-refractivity contribution in [2.75, 3.05) is 0 Å². The molecule has 1 aliphatic rings. The van der Waals surface area contributed by atoms with Crippen molar-refractivity contribution in [2.45, 2.75) is 58.4 Å². The first-order chi connectivity index (χ1) is 9.07. The Morgan fingerprint density at radius 2 is 2.11 bits per heavy atom. The van der Waals surface area contributed by atoms with Crippen molar-refractivity contribution in [1.29, 1.82) is 0 Å². The first-order valence-corrected chi connectivity index (χ1v) is 7.36. The van der Waals surface area contributed by atoms with Crippen LogP contribution in [0.5, 0.6) is 0 Å². The Kier molecular flexibility index (Phi) is 4.58. The summed E-state index contributed by atoms with van der Waals surface area (Å²) in [5.74, 6) is 7.59. The second-order valence-electron chi connectivity index (χ2n) is 6.39. The zero-order valence-electron chi connectivity index (χ0n) is 12.4. The molecule has 3 N–H and O–H groups in total. The van der Waals surface area contributed by atoms with E-state index in [9.17, 15) is 0 Å². The topological polar surface area (TPSA) is 68.8 Å². The number of aryl methyl sites for hydroxylation is 1. The van der Waals surface area contributed by atoms with Crippen LogP contribution in [-0.4, -0.2) is 20.8 Å². The van der Waals surface area contributed by atoms with Crippen LogP contribution in [0.15, 0.2) is 6.33 Å². The molecule has 0 aromatic carbocycles. The molecule has 5 heteroatoms. The summed E-state index contributed by atoms with van der Waals surface area (Å²) in [6.07, 6.45) is 8.91. The number of nitrogens with two attached hydrogens (primary N) is 1. The molecule has 1 aromatic heterocycles. The highest BCUT2D eigenvalue weighted by Crippen LogP contribution is 2.46. The summed E-state index contributed by atoms with van der Waals surface area (Å²) in [6, 6.07) is 0.292. The molecule has 108 valence electrons. The van der Waals surface area contributed by atoms with E-state index < -0.39 is 0 Å². The fraction of sp³-hybridized carbons (Fsp3) is 0.857. The molecule has 1 fully saturated rings. The van der Waals surface area contributed by atoms with Gasteiger partial charge < -0.3 is 0 Å². The van der Waals surface area contributed by atoms with Gasteiger partial charge in [-0.15, -0.1) is 0 Å². The van der Waals surface area contributed by atoms with Crippen LogP contribution in [0.1, 0.15) is 51.8 Å². The van der Waals surface area contributed by atoms with Crippen molar-refractivity contribution in [1.82, 2.24) is 20.2 Å². The third-order valence-electron chi connectivity index (χ3n) is 4.55. The van der Waals surface area contributed by atoms with Crippen molar-refractivity contribution < 1.29 is 0 Å².